The lowest BCUT2D eigenvalue weighted by molar-refractivity contribution is -0.0378. The van der Waals surface area contributed by atoms with Crippen molar-refractivity contribution in [2.75, 3.05) is 26.7 Å². The molecule has 92 valence electrons. The van der Waals surface area contributed by atoms with Crippen molar-refractivity contribution in [3.05, 3.63) is 0 Å². The largest absolute Gasteiger partial charge is 0.444 e. The molecule has 2 aliphatic rings. The molecule has 0 aromatic carbocycles. The van der Waals surface area contributed by atoms with Crippen LogP contribution in [0.3, 0.4) is 0 Å². The molecule has 0 N–H and O–H groups in total. The average Bonchev–Trinajstić information content (AvgIpc) is 2.12. The Morgan fingerprint density at radius 2 is 2.00 bits per heavy atom. The molecule has 0 spiro atoms. The van der Waals surface area contributed by atoms with E-state index in [1.54, 1.807) is 0 Å². The van der Waals surface area contributed by atoms with Gasteiger partial charge in [-0.05, 0) is 34.2 Å². The summed E-state index contributed by atoms with van der Waals surface area (Å²) in [5.41, 5.74) is -0.385. The van der Waals surface area contributed by atoms with Gasteiger partial charge in [-0.1, -0.05) is 0 Å². The summed E-state index contributed by atoms with van der Waals surface area (Å²) in [5.74, 6) is 0.659. The van der Waals surface area contributed by atoms with Crippen LogP contribution in [0.2, 0.25) is 0 Å². The van der Waals surface area contributed by atoms with E-state index in [0.717, 1.165) is 26.1 Å². The van der Waals surface area contributed by atoms with Crippen LogP contribution in [0.5, 0.6) is 0 Å². The molecule has 2 heterocycles. The number of hydrogen-bond acceptors (Lipinski definition) is 3. The Labute approximate surface area is 97.5 Å². The molecule has 2 rings (SSSR count). The maximum Gasteiger partial charge on any atom is 0.410 e. The molecule has 0 bridgehead atoms. The molecular formula is C12H22N2O2. The average molecular weight is 226 g/mol. The van der Waals surface area contributed by atoms with E-state index in [1.165, 1.54) is 0 Å². The Kier molecular flexibility index (Phi) is 2.86. The molecule has 16 heavy (non-hydrogen) atoms. The van der Waals surface area contributed by atoms with Crippen LogP contribution in [0.1, 0.15) is 27.2 Å². The van der Waals surface area contributed by atoms with Gasteiger partial charge in [0.15, 0.2) is 0 Å². The zero-order chi connectivity index (χ0) is 11.9. The quantitative estimate of drug-likeness (QED) is 0.628. The summed E-state index contributed by atoms with van der Waals surface area (Å²) in [6.07, 6.45) is 0.931. The molecule has 4 heteroatoms. The second-order valence-electron chi connectivity index (χ2n) is 5.98. The Hall–Kier alpha value is -0.770. The Balaban J connectivity index is 1.86. The minimum atomic E-state index is -0.385. The first-order valence-electron chi connectivity index (χ1n) is 6.05. The molecule has 0 radical (unpaired) electrons. The van der Waals surface area contributed by atoms with Crippen molar-refractivity contribution in [2.24, 2.45) is 5.92 Å². The number of nitrogens with zero attached hydrogens (tertiary/aromatic N) is 2. The third kappa shape index (κ3) is 2.32. The van der Waals surface area contributed by atoms with Gasteiger partial charge in [-0.3, -0.25) is 0 Å². The molecule has 2 atom stereocenters. The number of carbonyl (C=O) groups excluding carboxylic acids is 1. The summed E-state index contributed by atoms with van der Waals surface area (Å²) in [4.78, 5) is 16.1. The zero-order valence-corrected chi connectivity index (χ0v) is 10.7. The van der Waals surface area contributed by atoms with Crippen molar-refractivity contribution >= 4 is 6.09 Å². The van der Waals surface area contributed by atoms with Crippen molar-refractivity contribution in [3.63, 3.8) is 0 Å². The van der Waals surface area contributed by atoms with Crippen molar-refractivity contribution in [1.29, 1.82) is 0 Å². The highest BCUT2D eigenvalue weighted by Crippen LogP contribution is 2.31. The number of hydrogen-bond donors (Lipinski definition) is 0. The van der Waals surface area contributed by atoms with Crippen molar-refractivity contribution < 1.29 is 9.53 Å². The van der Waals surface area contributed by atoms with Crippen LogP contribution >= 0.6 is 0 Å². The Bertz CT molecular complexity index is 285. The first kappa shape index (κ1) is 11.7. The van der Waals surface area contributed by atoms with Crippen LogP contribution in [0.25, 0.3) is 0 Å². The number of carbonyl (C=O) groups is 1. The SMILES string of the molecule is CN1C[C@H]2CN(C(=O)OC(C)(C)C)CC[C@H]21. The first-order chi connectivity index (χ1) is 7.37. The van der Waals surface area contributed by atoms with E-state index in [-0.39, 0.29) is 11.7 Å². The molecule has 1 amide bonds. The predicted molar refractivity (Wildman–Crippen MR) is 62.3 cm³/mol. The number of fused-ring (bicyclic) bond motifs is 1. The summed E-state index contributed by atoms with van der Waals surface area (Å²) < 4.78 is 5.39. The molecule has 2 aliphatic heterocycles. The predicted octanol–water partition coefficient (Wildman–Crippen LogP) is 1.56. The van der Waals surface area contributed by atoms with Gasteiger partial charge >= 0.3 is 6.09 Å². The lowest BCUT2D eigenvalue weighted by atomic mass is 9.83. The molecule has 2 fully saturated rings. The summed E-state index contributed by atoms with van der Waals surface area (Å²) in [6, 6.07) is 0.693. The fraction of sp³-hybridized carbons (Fsp3) is 0.917. The topological polar surface area (TPSA) is 32.8 Å². The maximum absolute atomic E-state index is 11.9. The number of amides is 1. The van der Waals surface area contributed by atoms with E-state index in [0.29, 0.717) is 12.0 Å². The van der Waals surface area contributed by atoms with Crippen molar-refractivity contribution in [3.8, 4) is 0 Å². The molecule has 0 unspecified atom stereocenters. The van der Waals surface area contributed by atoms with E-state index >= 15 is 0 Å². The van der Waals surface area contributed by atoms with Gasteiger partial charge in [0.2, 0.25) is 0 Å². The molecule has 2 saturated heterocycles. The van der Waals surface area contributed by atoms with E-state index in [4.69, 9.17) is 4.74 Å². The lowest BCUT2D eigenvalue weighted by Gasteiger charge is -2.51. The molecule has 0 aromatic heterocycles. The fourth-order valence-electron chi connectivity index (χ4n) is 2.64. The zero-order valence-electron chi connectivity index (χ0n) is 10.7. The third-order valence-electron chi connectivity index (χ3n) is 3.43. The highest BCUT2D eigenvalue weighted by molar-refractivity contribution is 5.68. The van der Waals surface area contributed by atoms with Crippen LogP contribution in [0, 0.1) is 5.92 Å². The second kappa shape index (κ2) is 3.91. The lowest BCUT2D eigenvalue weighted by Crippen LogP contribution is -2.62. The molecule has 0 aromatic rings. The van der Waals surface area contributed by atoms with Gasteiger partial charge in [0, 0.05) is 31.6 Å². The summed E-state index contributed by atoms with van der Waals surface area (Å²) >= 11 is 0. The third-order valence-corrected chi connectivity index (χ3v) is 3.43. The number of piperidine rings is 1. The highest BCUT2D eigenvalue weighted by atomic mass is 16.6. The second-order valence-corrected chi connectivity index (χ2v) is 5.98. The molecule has 0 saturated carbocycles. The molecule has 4 nitrogen and oxygen atoms in total. The molecular weight excluding hydrogens is 204 g/mol. The summed E-state index contributed by atoms with van der Waals surface area (Å²) in [6.45, 7) is 8.55. The highest BCUT2D eigenvalue weighted by Gasteiger charge is 2.42. The number of rotatable bonds is 0. The van der Waals surface area contributed by atoms with Gasteiger partial charge in [-0.25, -0.2) is 4.79 Å². The molecule has 0 aliphatic carbocycles. The number of likely N-dealkylation sites (tertiary alicyclic amines) is 2. The van der Waals surface area contributed by atoms with Crippen LogP contribution < -0.4 is 0 Å². The van der Waals surface area contributed by atoms with Crippen molar-refractivity contribution in [1.82, 2.24) is 9.80 Å². The summed E-state index contributed by atoms with van der Waals surface area (Å²) in [7, 11) is 2.16. The normalized spacial score (nSPS) is 30.6. The van der Waals surface area contributed by atoms with Gasteiger partial charge in [0.1, 0.15) is 5.60 Å². The smallest absolute Gasteiger partial charge is 0.410 e. The first-order valence-corrected chi connectivity index (χ1v) is 6.05. The van der Waals surface area contributed by atoms with Gasteiger partial charge in [0.25, 0.3) is 0 Å². The Morgan fingerprint density at radius 3 is 2.50 bits per heavy atom. The maximum atomic E-state index is 11.9. The van der Waals surface area contributed by atoms with E-state index in [9.17, 15) is 4.79 Å². The fourth-order valence-corrected chi connectivity index (χ4v) is 2.64. The minimum absolute atomic E-state index is 0.152. The monoisotopic (exact) mass is 226 g/mol. The number of ether oxygens (including phenoxy) is 1. The van der Waals surface area contributed by atoms with Crippen molar-refractivity contribution in [2.45, 2.75) is 38.8 Å². The van der Waals surface area contributed by atoms with Gasteiger partial charge in [-0.15, -0.1) is 0 Å². The van der Waals surface area contributed by atoms with Crippen LogP contribution in [0.4, 0.5) is 4.79 Å². The van der Waals surface area contributed by atoms with Gasteiger partial charge in [-0.2, -0.15) is 0 Å². The van der Waals surface area contributed by atoms with Gasteiger partial charge in [0.05, 0.1) is 0 Å². The summed E-state index contributed by atoms with van der Waals surface area (Å²) in [5, 5.41) is 0. The van der Waals surface area contributed by atoms with Gasteiger partial charge < -0.3 is 14.5 Å². The van der Waals surface area contributed by atoms with E-state index in [2.05, 4.69) is 11.9 Å². The Morgan fingerprint density at radius 1 is 1.31 bits per heavy atom. The van der Waals surface area contributed by atoms with Crippen LogP contribution in [-0.2, 0) is 4.74 Å². The van der Waals surface area contributed by atoms with Crippen LogP contribution in [-0.4, -0.2) is 54.2 Å². The standard InChI is InChI=1S/C12H22N2O2/c1-12(2,3)16-11(15)14-6-5-10-9(8-14)7-13(10)4/h9-10H,5-8H2,1-4H3/t9-,10+/m0/s1. The van der Waals surface area contributed by atoms with E-state index < -0.39 is 0 Å². The van der Waals surface area contributed by atoms with Crippen LogP contribution in [0.15, 0.2) is 0 Å². The minimum Gasteiger partial charge on any atom is -0.444 e. The van der Waals surface area contributed by atoms with E-state index in [1.807, 2.05) is 25.7 Å².